The molecule has 1 aromatic carbocycles. The Morgan fingerprint density at radius 2 is 1.76 bits per heavy atom. The summed E-state index contributed by atoms with van der Waals surface area (Å²) in [4.78, 5) is 0.288. The number of benzene rings is 1. The first-order valence-corrected chi connectivity index (χ1v) is 9.04. The third kappa shape index (κ3) is 4.69. The van der Waals surface area contributed by atoms with Crippen molar-refractivity contribution in [2.45, 2.75) is 56.1 Å². The Morgan fingerprint density at radius 3 is 2.33 bits per heavy atom. The Morgan fingerprint density at radius 1 is 1.14 bits per heavy atom. The van der Waals surface area contributed by atoms with Gasteiger partial charge in [0.15, 0.2) is 0 Å². The number of nitrogens with one attached hydrogen (secondary N) is 2. The molecule has 0 heterocycles. The molecule has 0 aromatic heterocycles. The van der Waals surface area contributed by atoms with Crippen LogP contribution < -0.4 is 10.0 Å². The molecule has 3 N–H and O–H groups in total. The largest absolute Gasteiger partial charge is 0.393 e. The van der Waals surface area contributed by atoms with E-state index >= 15 is 0 Å². The lowest BCUT2D eigenvalue weighted by Crippen LogP contribution is -2.38. The Hall–Kier alpha value is -1.11. The molecule has 0 saturated heterocycles. The van der Waals surface area contributed by atoms with Gasteiger partial charge in [0.2, 0.25) is 10.0 Å². The predicted octanol–water partition coefficient (Wildman–Crippen LogP) is 2.09. The van der Waals surface area contributed by atoms with E-state index in [2.05, 4.69) is 17.0 Å². The number of anilines is 1. The first-order valence-electron chi connectivity index (χ1n) is 7.55. The molecule has 1 fully saturated rings. The van der Waals surface area contributed by atoms with E-state index in [1.54, 1.807) is 24.3 Å². The van der Waals surface area contributed by atoms with Gasteiger partial charge in [-0.05, 0) is 56.4 Å². The van der Waals surface area contributed by atoms with Crippen LogP contribution in [-0.4, -0.2) is 32.2 Å². The fourth-order valence-electron chi connectivity index (χ4n) is 2.50. The Kier molecular flexibility index (Phi) is 5.61. The van der Waals surface area contributed by atoms with Crippen molar-refractivity contribution in [2.75, 3.05) is 11.9 Å². The topological polar surface area (TPSA) is 78.4 Å². The normalized spacial score (nSPS) is 23.0. The summed E-state index contributed by atoms with van der Waals surface area (Å²) in [6.07, 6.45) is 3.44. The van der Waals surface area contributed by atoms with E-state index in [-0.39, 0.29) is 17.0 Å². The zero-order valence-electron chi connectivity index (χ0n) is 12.4. The maximum atomic E-state index is 12.3. The summed E-state index contributed by atoms with van der Waals surface area (Å²) in [5, 5.41) is 12.7. The van der Waals surface area contributed by atoms with Crippen molar-refractivity contribution in [3.63, 3.8) is 0 Å². The van der Waals surface area contributed by atoms with Gasteiger partial charge in [0.05, 0.1) is 11.0 Å². The van der Waals surface area contributed by atoms with Crippen molar-refractivity contribution in [1.82, 2.24) is 4.72 Å². The molecular formula is C15H24N2O3S. The average Bonchev–Trinajstić information content (AvgIpc) is 2.48. The highest BCUT2D eigenvalue weighted by Crippen LogP contribution is 2.21. The lowest BCUT2D eigenvalue weighted by atomic mass is 9.94. The molecule has 2 rings (SSSR count). The van der Waals surface area contributed by atoms with Gasteiger partial charge >= 0.3 is 0 Å². The molecule has 0 atom stereocenters. The first-order chi connectivity index (χ1) is 10.0. The molecule has 6 heteroatoms. The van der Waals surface area contributed by atoms with Crippen LogP contribution in [-0.2, 0) is 10.0 Å². The van der Waals surface area contributed by atoms with Gasteiger partial charge in [-0.3, -0.25) is 0 Å². The minimum absolute atomic E-state index is 0.0729. The van der Waals surface area contributed by atoms with Crippen LogP contribution in [0.3, 0.4) is 0 Å². The Labute approximate surface area is 126 Å². The number of aliphatic hydroxyl groups is 1. The number of hydrogen-bond donors (Lipinski definition) is 3. The Bertz CT molecular complexity index is 535. The second-order valence-electron chi connectivity index (χ2n) is 5.58. The molecule has 118 valence electrons. The number of aliphatic hydroxyl groups excluding tert-OH is 1. The van der Waals surface area contributed by atoms with Gasteiger partial charge in [0.1, 0.15) is 0 Å². The van der Waals surface area contributed by atoms with Crippen LogP contribution in [0.25, 0.3) is 0 Å². The van der Waals surface area contributed by atoms with E-state index in [1.165, 1.54) is 0 Å². The summed E-state index contributed by atoms with van der Waals surface area (Å²) in [7, 11) is -3.47. The molecule has 5 nitrogen and oxygen atoms in total. The van der Waals surface area contributed by atoms with E-state index in [4.69, 9.17) is 0 Å². The monoisotopic (exact) mass is 312 g/mol. The predicted molar refractivity (Wildman–Crippen MR) is 83.8 cm³/mol. The standard InChI is InChI=1S/C15H24N2O3S/c1-2-11-16-12-5-9-15(10-6-12)21(19,20)17-13-3-7-14(18)8-4-13/h5-6,9-10,13-14,16-18H,2-4,7-8,11H2,1H3. The van der Waals surface area contributed by atoms with Gasteiger partial charge in [-0.15, -0.1) is 0 Å². The van der Waals surface area contributed by atoms with Crippen LogP contribution in [0.4, 0.5) is 5.69 Å². The van der Waals surface area contributed by atoms with E-state index in [0.29, 0.717) is 25.7 Å². The van der Waals surface area contributed by atoms with E-state index in [1.807, 2.05) is 0 Å². The van der Waals surface area contributed by atoms with Crippen LogP contribution in [0.1, 0.15) is 39.0 Å². The molecule has 0 amide bonds. The van der Waals surface area contributed by atoms with Crippen LogP contribution in [0, 0.1) is 0 Å². The molecule has 0 radical (unpaired) electrons. The van der Waals surface area contributed by atoms with Crippen molar-refractivity contribution in [3.05, 3.63) is 24.3 Å². The molecule has 0 unspecified atom stereocenters. The summed E-state index contributed by atoms with van der Waals surface area (Å²) in [6.45, 7) is 2.95. The third-order valence-electron chi connectivity index (χ3n) is 3.76. The first kappa shape index (κ1) is 16.3. The van der Waals surface area contributed by atoms with Crippen molar-refractivity contribution in [3.8, 4) is 0 Å². The van der Waals surface area contributed by atoms with Gasteiger partial charge in [0, 0.05) is 18.3 Å². The van der Waals surface area contributed by atoms with E-state index in [0.717, 1.165) is 18.7 Å². The quantitative estimate of drug-likeness (QED) is 0.751. The summed E-state index contributed by atoms with van der Waals surface area (Å²) in [5.41, 5.74) is 0.927. The fraction of sp³-hybridized carbons (Fsp3) is 0.600. The Balaban J connectivity index is 1.98. The van der Waals surface area contributed by atoms with Crippen LogP contribution in [0.2, 0.25) is 0 Å². The SMILES string of the molecule is CCCNc1ccc(S(=O)(=O)NC2CCC(O)CC2)cc1. The maximum Gasteiger partial charge on any atom is 0.240 e. The summed E-state index contributed by atoms with van der Waals surface area (Å²) in [5.74, 6) is 0. The fourth-order valence-corrected chi connectivity index (χ4v) is 3.81. The summed E-state index contributed by atoms with van der Waals surface area (Å²) in [6, 6.07) is 6.75. The minimum atomic E-state index is -3.47. The molecule has 21 heavy (non-hydrogen) atoms. The molecule has 1 aliphatic rings. The zero-order chi connectivity index (χ0) is 15.3. The van der Waals surface area contributed by atoms with Crippen LogP contribution in [0.5, 0.6) is 0 Å². The molecule has 0 aliphatic heterocycles. The number of sulfonamides is 1. The summed E-state index contributed by atoms with van der Waals surface area (Å²) < 4.78 is 27.4. The van der Waals surface area contributed by atoms with Crippen molar-refractivity contribution in [2.24, 2.45) is 0 Å². The molecular weight excluding hydrogens is 288 g/mol. The van der Waals surface area contributed by atoms with E-state index in [9.17, 15) is 13.5 Å². The van der Waals surface area contributed by atoms with Crippen molar-refractivity contribution in [1.29, 1.82) is 0 Å². The minimum Gasteiger partial charge on any atom is -0.393 e. The molecule has 1 aliphatic carbocycles. The highest BCUT2D eigenvalue weighted by atomic mass is 32.2. The van der Waals surface area contributed by atoms with E-state index < -0.39 is 10.0 Å². The second-order valence-corrected chi connectivity index (χ2v) is 7.29. The maximum absolute atomic E-state index is 12.3. The molecule has 0 bridgehead atoms. The second kappa shape index (κ2) is 7.24. The molecule has 1 aromatic rings. The third-order valence-corrected chi connectivity index (χ3v) is 5.30. The van der Waals surface area contributed by atoms with Crippen molar-refractivity contribution >= 4 is 15.7 Å². The number of rotatable bonds is 6. The van der Waals surface area contributed by atoms with Gasteiger partial charge in [-0.25, -0.2) is 13.1 Å². The highest BCUT2D eigenvalue weighted by Gasteiger charge is 2.24. The van der Waals surface area contributed by atoms with Crippen LogP contribution >= 0.6 is 0 Å². The molecule has 1 saturated carbocycles. The lowest BCUT2D eigenvalue weighted by Gasteiger charge is -2.26. The summed E-state index contributed by atoms with van der Waals surface area (Å²) >= 11 is 0. The smallest absolute Gasteiger partial charge is 0.240 e. The molecule has 0 spiro atoms. The van der Waals surface area contributed by atoms with Crippen LogP contribution in [0.15, 0.2) is 29.2 Å². The van der Waals surface area contributed by atoms with Gasteiger partial charge in [-0.1, -0.05) is 6.92 Å². The van der Waals surface area contributed by atoms with Gasteiger partial charge < -0.3 is 10.4 Å². The van der Waals surface area contributed by atoms with Crippen molar-refractivity contribution < 1.29 is 13.5 Å². The lowest BCUT2D eigenvalue weighted by molar-refractivity contribution is 0.120. The highest BCUT2D eigenvalue weighted by molar-refractivity contribution is 7.89. The average molecular weight is 312 g/mol. The van der Waals surface area contributed by atoms with Gasteiger partial charge in [0.25, 0.3) is 0 Å². The zero-order valence-corrected chi connectivity index (χ0v) is 13.2. The van der Waals surface area contributed by atoms with Gasteiger partial charge in [-0.2, -0.15) is 0 Å². The number of hydrogen-bond acceptors (Lipinski definition) is 4.